The van der Waals surface area contributed by atoms with E-state index in [9.17, 15) is 0 Å². The van der Waals surface area contributed by atoms with Crippen LogP contribution >= 0.6 is 0 Å². The van der Waals surface area contributed by atoms with E-state index in [2.05, 4.69) is 5.32 Å². The van der Waals surface area contributed by atoms with Crippen LogP contribution in [0.15, 0.2) is 0 Å². The molecule has 0 radical (unpaired) electrons. The molecule has 4 nitrogen and oxygen atoms in total. The van der Waals surface area contributed by atoms with E-state index in [4.69, 9.17) is 15.2 Å². The van der Waals surface area contributed by atoms with Crippen molar-refractivity contribution in [3.63, 3.8) is 0 Å². The van der Waals surface area contributed by atoms with Gasteiger partial charge in [-0.3, -0.25) is 0 Å². The molecule has 3 N–H and O–H groups in total. The quantitative estimate of drug-likeness (QED) is 0.618. The van der Waals surface area contributed by atoms with Crippen molar-refractivity contribution in [2.24, 2.45) is 5.73 Å². The van der Waals surface area contributed by atoms with Crippen LogP contribution in [0, 0.1) is 0 Å². The van der Waals surface area contributed by atoms with Crippen LogP contribution in [0.4, 0.5) is 0 Å². The third-order valence-electron chi connectivity index (χ3n) is 3.05. The van der Waals surface area contributed by atoms with Gasteiger partial charge < -0.3 is 20.5 Å². The summed E-state index contributed by atoms with van der Waals surface area (Å²) >= 11 is 0. The SMILES string of the molecule is COCC(CCCN)NCCC1CCCO1. The molecule has 0 bridgehead atoms. The molecule has 0 spiro atoms. The first-order chi connectivity index (χ1) is 7.86. The molecule has 1 heterocycles. The average molecular weight is 230 g/mol. The van der Waals surface area contributed by atoms with Gasteiger partial charge in [0.1, 0.15) is 0 Å². The molecule has 0 aromatic rings. The molecule has 96 valence electrons. The Bertz CT molecular complexity index is 161. The van der Waals surface area contributed by atoms with Crippen LogP contribution in [0.5, 0.6) is 0 Å². The van der Waals surface area contributed by atoms with Gasteiger partial charge in [0.05, 0.1) is 12.7 Å². The van der Waals surface area contributed by atoms with E-state index < -0.39 is 0 Å². The molecule has 16 heavy (non-hydrogen) atoms. The molecule has 0 saturated carbocycles. The van der Waals surface area contributed by atoms with Crippen LogP contribution in [-0.2, 0) is 9.47 Å². The lowest BCUT2D eigenvalue weighted by molar-refractivity contribution is 0.101. The van der Waals surface area contributed by atoms with E-state index in [0.717, 1.165) is 45.6 Å². The topological polar surface area (TPSA) is 56.5 Å². The summed E-state index contributed by atoms with van der Waals surface area (Å²) in [4.78, 5) is 0. The molecule has 1 saturated heterocycles. The van der Waals surface area contributed by atoms with Crippen LogP contribution in [0.2, 0.25) is 0 Å². The standard InChI is InChI=1S/C12H26N2O2/c1-15-10-11(4-2-7-13)14-8-6-12-5-3-9-16-12/h11-12,14H,2-10,13H2,1H3. The predicted octanol–water partition coefficient (Wildman–Crippen LogP) is 0.899. The van der Waals surface area contributed by atoms with Crippen molar-refractivity contribution in [2.45, 2.75) is 44.2 Å². The largest absolute Gasteiger partial charge is 0.383 e. The fourth-order valence-corrected chi connectivity index (χ4v) is 2.13. The van der Waals surface area contributed by atoms with E-state index >= 15 is 0 Å². The van der Waals surface area contributed by atoms with Crippen molar-refractivity contribution < 1.29 is 9.47 Å². The van der Waals surface area contributed by atoms with Crippen molar-refractivity contribution in [3.8, 4) is 0 Å². The lowest BCUT2D eigenvalue weighted by Gasteiger charge is -2.18. The van der Waals surface area contributed by atoms with Crippen LogP contribution in [0.1, 0.15) is 32.1 Å². The van der Waals surface area contributed by atoms with Crippen molar-refractivity contribution in [1.29, 1.82) is 0 Å². The second kappa shape index (κ2) is 8.93. The number of nitrogens with two attached hydrogens (primary N) is 1. The summed E-state index contributed by atoms with van der Waals surface area (Å²) < 4.78 is 10.8. The number of nitrogens with one attached hydrogen (secondary N) is 1. The number of ether oxygens (including phenoxy) is 2. The van der Waals surface area contributed by atoms with Gasteiger partial charge >= 0.3 is 0 Å². The van der Waals surface area contributed by atoms with E-state index in [1.165, 1.54) is 12.8 Å². The molecule has 1 rings (SSSR count). The van der Waals surface area contributed by atoms with Gasteiger partial charge in [-0.1, -0.05) is 0 Å². The minimum atomic E-state index is 0.440. The van der Waals surface area contributed by atoms with Gasteiger partial charge in [0.15, 0.2) is 0 Å². The van der Waals surface area contributed by atoms with Crippen LogP contribution in [-0.4, -0.2) is 45.6 Å². The fraction of sp³-hybridized carbons (Fsp3) is 1.00. The van der Waals surface area contributed by atoms with Crippen molar-refractivity contribution in [1.82, 2.24) is 5.32 Å². The van der Waals surface area contributed by atoms with Gasteiger partial charge in [0, 0.05) is 19.8 Å². The summed E-state index contributed by atoms with van der Waals surface area (Å²) in [5.74, 6) is 0. The molecule has 0 aromatic heterocycles. The molecular formula is C12H26N2O2. The smallest absolute Gasteiger partial charge is 0.0615 e. The zero-order chi connectivity index (χ0) is 11.6. The second-order valence-corrected chi connectivity index (χ2v) is 4.46. The first kappa shape index (κ1) is 13.9. The fourth-order valence-electron chi connectivity index (χ4n) is 2.13. The van der Waals surface area contributed by atoms with Crippen molar-refractivity contribution >= 4 is 0 Å². The monoisotopic (exact) mass is 230 g/mol. The van der Waals surface area contributed by atoms with Crippen molar-refractivity contribution in [3.05, 3.63) is 0 Å². The summed E-state index contributed by atoms with van der Waals surface area (Å²) in [5, 5.41) is 3.52. The summed E-state index contributed by atoms with van der Waals surface area (Å²) in [6, 6.07) is 0.440. The molecule has 1 aliphatic rings. The summed E-state index contributed by atoms with van der Waals surface area (Å²) in [6.45, 7) is 3.49. The Morgan fingerprint density at radius 1 is 1.56 bits per heavy atom. The Morgan fingerprint density at radius 2 is 2.44 bits per heavy atom. The zero-order valence-electron chi connectivity index (χ0n) is 10.4. The van der Waals surface area contributed by atoms with Gasteiger partial charge in [-0.2, -0.15) is 0 Å². The van der Waals surface area contributed by atoms with Gasteiger partial charge in [0.2, 0.25) is 0 Å². The predicted molar refractivity (Wildman–Crippen MR) is 65.5 cm³/mol. The van der Waals surface area contributed by atoms with E-state index in [0.29, 0.717) is 12.1 Å². The minimum absolute atomic E-state index is 0.440. The highest BCUT2D eigenvalue weighted by Crippen LogP contribution is 2.14. The van der Waals surface area contributed by atoms with Gasteiger partial charge in [-0.25, -0.2) is 0 Å². The molecule has 4 heteroatoms. The van der Waals surface area contributed by atoms with Gasteiger partial charge in [-0.05, 0) is 45.2 Å². The highest BCUT2D eigenvalue weighted by molar-refractivity contribution is 4.70. The Morgan fingerprint density at radius 3 is 3.06 bits per heavy atom. The average Bonchev–Trinajstić information content (AvgIpc) is 2.79. The van der Waals surface area contributed by atoms with Gasteiger partial charge in [0.25, 0.3) is 0 Å². The molecule has 0 aromatic carbocycles. The number of methoxy groups -OCH3 is 1. The molecular weight excluding hydrogens is 204 g/mol. The Labute approximate surface area is 98.9 Å². The zero-order valence-corrected chi connectivity index (χ0v) is 10.4. The van der Waals surface area contributed by atoms with Crippen LogP contribution in [0.25, 0.3) is 0 Å². The Hall–Kier alpha value is -0.160. The first-order valence-electron chi connectivity index (χ1n) is 6.40. The van der Waals surface area contributed by atoms with Crippen molar-refractivity contribution in [2.75, 3.05) is 33.4 Å². The molecule has 1 fully saturated rings. The third-order valence-corrected chi connectivity index (χ3v) is 3.05. The maximum absolute atomic E-state index is 5.58. The van der Waals surface area contributed by atoms with E-state index in [-0.39, 0.29) is 0 Å². The van der Waals surface area contributed by atoms with Crippen LogP contribution < -0.4 is 11.1 Å². The summed E-state index contributed by atoms with van der Waals surface area (Å²) in [7, 11) is 1.75. The highest BCUT2D eigenvalue weighted by Gasteiger charge is 2.15. The van der Waals surface area contributed by atoms with E-state index in [1.807, 2.05) is 0 Å². The Kier molecular flexibility index (Phi) is 7.76. The summed E-state index contributed by atoms with van der Waals surface area (Å²) in [6.07, 6.45) is 6.18. The Balaban J connectivity index is 2.05. The maximum atomic E-state index is 5.58. The normalized spacial score (nSPS) is 22.5. The molecule has 0 amide bonds. The molecule has 2 unspecified atom stereocenters. The lowest BCUT2D eigenvalue weighted by Crippen LogP contribution is -2.35. The van der Waals surface area contributed by atoms with Crippen LogP contribution in [0.3, 0.4) is 0 Å². The number of hydrogen-bond acceptors (Lipinski definition) is 4. The highest BCUT2D eigenvalue weighted by atomic mass is 16.5. The lowest BCUT2D eigenvalue weighted by atomic mass is 10.1. The molecule has 1 aliphatic heterocycles. The molecule has 2 atom stereocenters. The first-order valence-corrected chi connectivity index (χ1v) is 6.40. The number of rotatable bonds is 9. The summed E-state index contributed by atoms with van der Waals surface area (Å²) in [5.41, 5.74) is 5.51. The van der Waals surface area contributed by atoms with E-state index in [1.54, 1.807) is 7.11 Å². The van der Waals surface area contributed by atoms with Gasteiger partial charge in [-0.15, -0.1) is 0 Å². The second-order valence-electron chi connectivity index (χ2n) is 4.46. The maximum Gasteiger partial charge on any atom is 0.0615 e. The molecule has 0 aliphatic carbocycles. The minimum Gasteiger partial charge on any atom is -0.383 e. The third kappa shape index (κ3) is 5.80. The number of hydrogen-bond donors (Lipinski definition) is 2.